The first-order valence-corrected chi connectivity index (χ1v) is 9.50. The molecule has 2 heterocycles. The van der Waals surface area contributed by atoms with Gasteiger partial charge in [0.25, 0.3) is 0 Å². The maximum Gasteiger partial charge on any atom is 0.0629 e. The van der Waals surface area contributed by atoms with Crippen LogP contribution < -0.4 is 5.32 Å². The molecule has 128 valence electrons. The van der Waals surface area contributed by atoms with Crippen LogP contribution in [0.2, 0.25) is 0 Å². The minimum absolute atomic E-state index is 0.384. The van der Waals surface area contributed by atoms with Crippen LogP contribution in [0.15, 0.2) is 0 Å². The number of hydrogen-bond acceptors (Lipinski definition) is 3. The molecule has 5 unspecified atom stereocenters. The molecule has 0 bridgehead atoms. The molecule has 1 N–H and O–H groups in total. The summed E-state index contributed by atoms with van der Waals surface area (Å²) < 4.78 is 5.62. The van der Waals surface area contributed by atoms with E-state index in [0.717, 1.165) is 11.8 Å². The Morgan fingerprint density at radius 1 is 1.09 bits per heavy atom. The molecule has 0 aromatic rings. The molecule has 3 rings (SSSR count). The topological polar surface area (TPSA) is 24.5 Å². The average Bonchev–Trinajstić information content (AvgIpc) is 2.93. The number of nitrogens with one attached hydrogen (secondary N) is 1. The highest BCUT2D eigenvalue weighted by Gasteiger charge is 2.43. The van der Waals surface area contributed by atoms with E-state index in [2.05, 4.69) is 31.0 Å². The third-order valence-corrected chi connectivity index (χ3v) is 6.38. The number of likely N-dealkylation sites (tertiary alicyclic amines) is 1. The molecular weight excluding hydrogens is 272 g/mol. The van der Waals surface area contributed by atoms with Gasteiger partial charge in [-0.3, -0.25) is 10.2 Å². The summed E-state index contributed by atoms with van der Waals surface area (Å²) in [5, 5.41) is 3.99. The Bertz CT molecular complexity index is 365. The van der Waals surface area contributed by atoms with E-state index in [-0.39, 0.29) is 0 Å². The van der Waals surface area contributed by atoms with Gasteiger partial charge in [-0.2, -0.15) is 0 Å². The van der Waals surface area contributed by atoms with Gasteiger partial charge in [0.15, 0.2) is 0 Å². The molecule has 0 aromatic heterocycles. The number of methoxy groups -OCH3 is 1. The third kappa shape index (κ3) is 3.68. The molecule has 22 heavy (non-hydrogen) atoms. The van der Waals surface area contributed by atoms with Crippen LogP contribution in [0, 0.1) is 17.3 Å². The van der Waals surface area contributed by atoms with Crippen LogP contribution in [0.5, 0.6) is 0 Å². The molecule has 3 heteroatoms. The second kappa shape index (κ2) is 6.78. The fourth-order valence-corrected chi connectivity index (χ4v) is 4.98. The molecule has 1 saturated carbocycles. The van der Waals surface area contributed by atoms with E-state index in [1.807, 2.05) is 7.11 Å². The zero-order chi connectivity index (χ0) is 15.7. The van der Waals surface area contributed by atoms with Crippen LogP contribution in [0.4, 0.5) is 0 Å². The van der Waals surface area contributed by atoms with Crippen molar-refractivity contribution in [2.24, 2.45) is 17.3 Å². The van der Waals surface area contributed by atoms with Crippen molar-refractivity contribution in [1.29, 1.82) is 0 Å². The lowest BCUT2D eigenvalue weighted by atomic mass is 9.82. The number of nitrogens with zero attached hydrogens (tertiary/aromatic N) is 1. The summed E-state index contributed by atoms with van der Waals surface area (Å²) in [6.45, 7) is 9.73. The highest BCUT2D eigenvalue weighted by atomic mass is 16.5. The monoisotopic (exact) mass is 308 g/mol. The van der Waals surface area contributed by atoms with Gasteiger partial charge >= 0.3 is 0 Å². The highest BCUT2D eigenvalue weighted by Crippen LogP contribution is 2.38. The molecule has 1 aliphatic carbocycles. The van der Waals surface area contributed by atoms with Gasteiger partial charge in [0, 0.05) is 19.7 Å². The number of ether oxygens (including phenoxy) is 1. The average molecular weight is 309 g/mol. The highest BCUT2D eigenvalue weighted by molar-refractivity contribution is 4.98. The van der Waals surface area contributed by atoms with Gasteiger partial charge in [-0.05, 0) is 62.3 Å². The number of fused-ring (bicyclic) bond motifs is 1. The summed E-state index contributed by atoms with van der Waals surface area (Å²) in [4.78, 5) is 2.78. The standard InChI is InChI=1S/C19H36N2O/c1-19(2,3)17-12-15-8-6-10-21(18(15)20-17)13-14-7-5-9-16(11-14)22-4/h14-18,20H,5-13H2,1-4H3. The summed E-state index contributed by atoms with van der Waals surface area (Å²) in [5.41, 5.74) is 0.384. The Kier molecular flexibility index (Phi) is 5.16. The van der Waals surface area contributed by atoms with Gasteiger partial charge in [0.05, 0.1) is 12.3 Å². The molecule has 3 aliphatic rings. The number of hydrogen-bond donors (Lipinski definition) is 1. The summed E-state index contributed by atoms with van der Waals surface area (Å²) >= 11 is 0. The minimum atomic E-state index is 0.384. The third-order valence-electron chi connectivity index (χ3n) is 6.38. The quantitative estimate of drug-likeness (QED) is 0.861. The molecule has 0 aromatic carbocycles. The summed E-state index contributed by atoms with van der Waals surface area (Å²) in [6, 6.07) is 0.682. The van der Waals surface area contributed by atoms with Crippen LogP contribution >= 0.6 is 0 Å². The maximum absolute atomic E-state index is 5.62. The van der Waals surface area contributed by atoms with Gasteiger partial charge in [0.1, 0.15) is 0 Å². The van der Waals surface area contributed by atoms with Crippen molar-refractivity contribution < 1.29 is 4.74 Å². The van der Waals surface area contributed by atoms with Gasteiger partial charge in [-0.25, -0.2) is 0 Å². The fraction of sp³-hybridized carbons (Fsp3) is 1.00. The fourth-order valence-electron chi connectivity index (χ4n) is 4.98. The van der Waals surface area contributed by atoms with E-state index in [4.69, 9.17) is 4.74 Å². The lowest BCUT2D eigenvalue weighted by Gasteiger charge is -2.41. The van der Waals surface area contributed by atoms with Crippen LogP contribution in [-0.4, -0.2) is 43.4 Å². The van der Waals surface area contributed by atoms with Crippen molar-refractivity contribution in [1.82, 2.24) is 10.2 Å². The Hall–Kier alpha value is -0.120. The first-order chi connectivity index (χ1) is 10.5. The van der Waals surface area contributed by atoms with Crippen LogP contribution in [0.1, 0.15) is 65.7 Å². The van der Waals surface area contributed by atoms with Gasteiger partial charge in [-0.1, -0.05) is 27.2 Å². The Morgan fingerprint density at radius 2 is 1.91 bits per heavy atom. The van der Waals surface area contributed by atoms with Gasteiger partial charge < -0.3 is 4.74 Å². The first kappa shape index (κ1) is 16.7. The molecular formula is C19H36N2O. The molecule has 0 radical (unpaired) electrons. The predicted molar refractivity (Wildman–Crippen MR) is 91.8 cm³/mol. The lowest BCUT2D eigenvalue weighted by molar-refractivity contribution is 0.0225. The normalized spacial score (nSPS) is 40.6. The van der Waals surface area contributed by atoms with E-state index >= 15 is 0 Å². The molecule has 3 nitrogen and oxygen atoms in total. The summed E-state index contributed by atoms with van der Waals surface area (Å²) in [6.07, 6.45) is 10.6. The van der Waals surface area contributed by atoms with E-state index in [1.165, 1.54) is 58.0 Å². The van der Waals surface area contributed by atoms with Gasteiger partial charge in [0.2, 0.25) is 0 Å². The van der Waals surface area contributed by atoms with Gasteiger partial charge in [-0.15, -0.1) is 0 Å². The van der Waals surface area contributed by atoms with Crippen molar-refractivity contribution >= 4 is 0 Å². The van der Waals surface area contributed by atoms with Crippen molar-refractivity contribution in [3.05, 3.63) is 0 Å². The molecule has 2 aliphatic heterocycles. The molecule has 3 fully saturated rings. The predicted octanol–water partition coefficient (Wildman–Crippen LogP) is 3.64. The van der Waals surface area contributed by atoms with Crippen molar-refractivity contribution in [3.8, 4) is 0 Å². The summed E-state index contributed by atoms with van der Waals surface area (Å²) in [7, 11) is 1.89. The zero-order valence-electron chi connectivity index (χ0n) is 15.1. The van der Waals surface area contributed by atoms with Crippen LogP contribution in [0.25, 0.3) is 0 Å². The van der Waals surface area contributed by atoms with E-state index in [0.29, 0.717) is 23.7 Å². The molecule has 5 atom stereocenters. The lowest BCUT2D eigenvalue weighted by Crippen LogP contribution is -2.53. The Morgan fingerprint density at radius 3 is 2.64 bits per heavy atom. The number of piperidine rings is 1. The van der Waals surface area contributed by atoms with Crippen molar-refractivity contribution in [3.63, 3.8) is 0 Å². The van der Waals surface area contributed by atoms with E-state index in [1.54, 1.807) is 0 Å². The second-order valence-corrected chi connectivity index (χ2v) is 9.05. The second-order valence-electron chi connectivity index (χ2n) is 9.05. The largest absolute Gasteiger partial charge is 0.381 e. The maximum atomic E-state index is 5.62. The summed E-state index contributed by atoms with van der Waals surface area (Å²) in [5.74, 6) is 1.72. The smallest absolute Gasteiger partial charge is 0.0629 e. The van der Waals surface area contributed by atoms with Crippen LogP contribution in [0.3, 0.4) is 0 Å². The van der Waals surface area contributed by atoms with Crippen molar-refractivity contribution in [2.75, 3.05) is 20.2 Å². The van der Waals surface area contributed by atoms with Crippen molar-refractivity contribution in [2.45, 2.75) is 84.0 Å². The SMILES string of the molecule is COC1CCCC(CN2CCCC3CC(C(C)(C)C)NC32)C1. The van der Waals surface area contributed by atoms with E-state index in [9.17, 15) is 0 Å². The van der Waals surface area contributed by atoms with E-state index < -0.39 is 0 Å². The molecule has 0 amide bonds. The first-order valence-electron chi connectivity index (χ1n) is 9.50. The number of rotatable bonds is 3. The molecule has 2 saturated heterocycles. The van der Waals surface area contributed by atoms with Crippen LogP contribution in [-0.2, 0) is 4.74 Å². The zero-order valence-corrected chi connectivity index (χ0v) is 15.1. The minimum Gasteiger partial charge on any atom is -0.381 e. The molecule has 0 spiro atoms. The Labute approximate surface area is 137 Å². The Balaban J connectivity index is 1.59.